The second-order valence-corrected chi connectivity index (χ2v) is 15.9. The molecule has 6 rings (SSSR count). The number of hydrogen-bond acceptors (Lipinski definition) is 8. The van der Waals surface area contributed by atoms with Gasteiger partial charge in [-0.05, 0) is 127 Å². The minimum atomic E-state index is -0.738. The van der Waals surface area contributed by atoms with Gasteiger partial charge >= 0.3 is 6.09 Å². The number of nitrogens with zero attached hydrogens (tertiary/aromatic N) is 1. The zero-order valence-electron chi connectivity index (χ0n) is 32.0. The van der Waals surface area contributed by atoms with Gasteiger partial charge in [-0.3, -0.25) is 14.4 Å². The number of carbonyl (C=O) groups excluding carboxylic acids is 3. The van der Waals surface area contributed by atoms with Crippen LogP contribution in [0, 0.1) is 6.92 Å². The monoisotopic (exact) mass is 736 g/mol. The Morgan fingerprint density at radius 3 is 2.35 bits per heavy atom. The van der Waals surface area contributed by atoms with E-state index in [-0.39, 0.29) is 30.8 Å². The largest absolute Gasteiger partial charge is 0.507 e. The minimum absolute atomic E-state index is 0.0831. The van der Waals surface area contributed by atoms with Crippen LogP contribution in [0.3, 0.4) is 0 Å². The lowest BCUT2D eigenvalue weighted by atomic mass is 9.97. The molecule has 0 fully saturated rings. The summed E-state index contributed by atoms with van der Waals surface area (Å²) in [4.78, 5) is 49.0. The number of nitrogens with one attached hydrogen (secondary N) is 3. The number of H-pyrrole nitrogens is 1. The van der Waals surface area contributed by atoms with Crippen molar-refractivity contribution < 1.29 is 38.5 Å². The number of aryl methyl sites for hydroxylation is 1. The van der Waals surface area contributed by atoms with Crippen LogP contribution in [0.5, 0.6) is 11.5 Å². The van der Waals surface area contributed by atoms with Gasteiger partial charge in [0.15, 0.2) is 0 Å². The molecule has 0 spiro atoms. The molecule has 5 aromatic rings. The van der Waals surface area contributed by atoms with Crippen molar-refractivity contribution in [3.05, 3.63) is 95.2 Å². The van der Waals surface area contributed by atoms with Crippen molar-refractivity contribution in [2.24, 2.45) is 0 Å². The summed E-state index contributed by atoms with van der Waals surface area (Å²) in [5.41, 5.74) is 5.21. The highest BCUT2D eigenvalue weighted by atomic mass is 16.7. The maximum absolute atomic E-state index is 13.8. The highest BCUT2D eigenvalue weighted by molar-refractivity contribution is 6.11. The number of ether oxygens (including phenoxy) is 3. The van der Waals surface area contributed by atoms with Crippen LogP contribution in [0.25, 0.3) is 21.7 Å². The van der Waals surface area contributed by atoms with E-state index in [0.29, 0.717) is 35.7 Å². The van der Waals surface area contributed by atoms with Gasteiger partial charge in [-0.2, -0.15) is 5.48 Å². The lowest BCUT2D eigenvalue weighted by Gasteiger charge is -2.32. The number of anilines is 2. The first-order valence-corrected chi connectivity index (χ1v) is 17.9. The van der Waals surface area contributed by atoms with Crippen LogP contribution in [0.2, 0.25) is 0 Å². The van der Waals surface area contributed by atoms with Gasteiger partial charge in [0.25, 0.3) is 11.8 Å². The SMILES string of the molecule is Cc1cccc2c(O)cc3c(c12)CCN3C(=O)c1cc2cc(NC(=O)c3ccc(OC(C)(C)COC(C)(C)CONC(=O)OC(C)(C)C)cc3)ccc2[nH]1. The van der Waals surface area contributed by atoms with Gasteiger partial charge in [0, 0.05) is 40.2 Å². The molecule has 3 amide bonds. The first-order valence-electron chi connectivity index (χ1n) is 17.9. The van der Waals surface area contributed by atoms with Gasteiger partial charge in [-0.25, -0.2) is 4.79 Å². The summed E-state index contributed by atoms with van der Waals surface area (Å²) in [5.74, 6) is 0.226. The van der Waals surface area contributed by atoms with E-state index in [1.165, 1.54) is 0 Å². The molecule has 1 aliphatic heterocycles. The second kappa shape index (κ2) is 14.7. The fraction of sp³-hybridized carbons (Fsp3) is 0.357. The maximum atomic E-state index is 13.8. The van der Waals surface area contributed by atoms with E-state index in [1.54, 1.807) is 68.1 Å². The molecule has 0 saturated carbocycles. The molecule has 4 aromatic carbocycles. The van der Waals surface area contributed by atoms with Gasteiger partial charge < -0.3 is 34.5 Å². The molecule has 0 saturated heterocycles. The highest BCUT2D eigenvalue weighted by Gasteiger charge is 2.30. The molecule has 12 heteroatoms. The Bertz CT molecular complexity index is 2220. The number of fused-ring (bicyclic) bond motifs is 4. The van der Waals surface area contributed by atoms with Crippen LogP contribution in [0.1, 0.15) is 80.4 Å². The number of rotatable bonds is 11. The number of amides is 3. The van der Waals surface area contributed by atoms with Crippen LogP contribution in [0.4, 0.5) is 16.2 Å². The number of phenolic OH excluding ortho intramolecular Hbond substituents is 1. The van der Waals surface area contributed by atoms with Crippen molar-refractivity contribution in [1.29, 1.82) is 0 Å². The average Bonchev–Trinajstić information content (AvgIpc) is 3.71. The van der Waals surface area contributed by atoms with E-state index in [1.807, 2.05) is 65.0 Å². The Balaban J connectivity index is 1.04. The number of benzene rings is 4. The number of phenols is 1. The smallest absolute Gasteiger partial charge is 0.431 e. The molecule has 12 nitrogen and oxygen atoms in total. The summed E-state index contributed by atoms with van der Waals surface area (Å²) >= 11 is 0. The Morgan fingerprint density at radius 2 is 1.63 bits per heavy atom. The number of hydroxylamine groups is 1. The van der Waals surface area contributed by atoms with Crippen LogP contribution in [-0.2, 0) is 20.7 Å². The molecule has 1 aliphatic rings. The molecule has 4 N–H and O–H groups in total. The third-order valence-electron chi connectivity index (χ3n) is 8.96. The number of aromatic amines is 1. The van der Waals surface area contributed by atoms with Gasteiger partial charge in [0.2, 0.25) is 0 Å². The van der Waals surface area contributed by atoms with Gasteiger partial charge in [0.1, 0.15) is 35.0 Å². The van der Waals surface area contributed by atoms with E-state index in [2.05, 4.69) is 15.8 Å². The van der Waals surface area contributed by atoms with Gasteiger partial charge in [-0.1, -0.05) is 18.2 Å². The van der Waals surface area contributed by atoms with E-state index >= 15 is 0 Å². The van der Waals surface area contributed by atoms with Crippen molar-refractivity contribution in [3.8, 4) is 11.5 Å². The lowest BCUT2D eigenvalue weighted by molar-refractivity contribution is -0.128. The summed E-state index contributed by atoms with van der Waals surface area (Å²) in [6, 6.07) is 21.6. The zero-order chi connectivity index (χ0) is 39.0. The molecular weight excluding hydrogens is 688 g/mol. The van der Waals surface area contributed by atoms with Crippen molar-refractivity contribution >= 4 is 51.0 Å². The third kappa shape index (κ3) is 8.78. The molecule has 284 valence electrons. The van der Waals surface area contributed by atoms with E-state index in [4.69, 9.17) is 19.0 Å². The van der Waals surface area contributed by atoms with E-state index in [0.717, 1.165) is 38.5 Å². The van der Waals surface area contributed by atoms with Crippen LogP contribution in [-0.4, -0.2) is 64.6 Å². The molecule has 54 heavy (non-hydrogen) atoms. The Morgan fingerprint density at radius 1 is 0.889 bits per heavy atom. The van der Waals surface area contributed by atoms with Crippen LogP contribution < -0.4 is 20.4 Å². The normalized spacial score (nSPS) is 13.2. The Hall–Kier alpha value is -5.59. The van der Waals surface area contributed by atoms with Crippen molar-refractivity contribution in [2.75, 3.05) is 30.0 Å². The first-order chi connectivity index (χ1) is 25.4. The minimum Gasteiger partial charge on any atom is -0.507 e. The molecule has 2 heterocycles. The van der Waals surface area contributed by atoms with Crippen molar-refractivity contribution in [1.82, 2.24) is 10.5 Å². The summed E-state index contributed by atoms with van der Waals surface area (Å²) in [6.45, 7) is 15.6. The van der Waals surface area contributed by atoms with Crippen molar-refractivity contribution in [2.45, 2.75) is 78.6 Å². The van der Waals surface area contributed by atoms with Crippen LogP contribution in [0.15, 0.2) is 72.8 Å². The Kier molecular flexibility index (Phi) is 10.4. The fourth-order valence-corrected chi connectivity index (χ4v) is 6.43. The molecule has 0 atom stereocenters. The quantitative estimate of drug-likeness (QED) is 0.0991. The number of aromatic hydroxyl groups is 1. The topological polar surface area (TPSA) is 151 Å². The number of aromatic nitrogens is 1. The molecule has 0 radical (unpaired) electrons. The predicted molar refractivity (Wildman–Crippen MR) is 208 cm³/mol. The van der Waals surface area contributed by atoms with E-state index < -0.39 is 22.9 Å². The standard InChI is InChI=1S/C42H48N4O8/c1-25-10-9-11-31-35(47)22-34-30(36(25)31)18-19-46(34)38(49)33-21-27-20-28(14-17-32(27)44-33)43-37(48)26-12-15-29(16-13-26)53-42(7,8)23-51-41(5,6)24-52-45-39(50)54-40(2,3)4/h9-17,20-22,44,47H,18-19,23-24H2,1-8H3,(H,43,48)(H,45,50). The molecule has 1 aromatic heterocycles. The summed E-state index contributed by atoms with van der Waals surface area (Å²) in [6.07, 6.45) is 0.0187. The second-order valence-electron chi connectivity index (χ2n) is 15.9. The molecule has 0 bridgehead atoms. The van der Waals surface area contributed by atoms with E-state index in [9.17, 15) is 19.5 Å². The van der Waals surface area contributed by atoms with Crippen molar-refractivity contribution in [3.63, 3.8) is 0 Å². The zero-order valence-corrected chi connectivity index (χ0v) is 32.0. The summed E-state index contributed by atoms with van der Waals surface area (Å²) < 4.78 is 17.4. The Labute approximate surface area is 314 Å². The number of hydrogen-bond donors (Lipinski definition) is 4. The fourth-order valence-electron chi connectivity index (χ4n) is 6.43. The first kappa shape index (κ1) is 38.1. The third-order valence-corrected chi connectivity index (χ3v) is 8.96. The predicted octanol–water partition coefficient (Wildman–Crippen LogP) is 8.20. The molecular formula is C42H48N4O8. The molecule has 0 unspecified atom stereocenters. The highest BCUT2D eigenvalue weighted by Crippen LogP contribution is 2.41. The van der Waals surface area contributed by atoms with Gasteiger partial charge in [-0.15, -0.1) is 0 Å². The van der Waals surface area contributed by atoms with Crippen LogP contribution >= 0.6 is 0 Å². The summed E-state index contributed by atoms with van der Waals surface area (Å²) in [5, 5.41) is 16.3. The van der Waals surface area contributed by atoms with Gasteiger partial charge in [0.05, 0.1) is 17.9 Å². The molecule has 0 aliphatic carbocycles. The lowest BCUT2D eigenvalue weighted by Crippen LogP contribution is -2.42. The summed E-state index contributed by atoms with van der Waals surface area (Å²) in [7, 11) is 0. The maximum Gasteiger partial charge on any atom is 0.431 e. The number of carbonyl (C=O) groups is 3. The average molecular weight is 737 g/mol.